The van der Waals surface area contributed by atoms with E-state index in [4.69, 9.17) is 4.42 Å². The minimum atomic E-state index is 0.501. The molecule has 1 N–H and O–H groups in total. The molecule has 0 bridgehead atoms. The second-order valence-electron chi connectivity index (χ2n) is 5.59. The second-order valence-corrected chi connectivity index (χ2v) is 5.59. The van der Waals surface area contributed by atoms with E-state index in [0.29, 0.717) is 6.04 Å². The average Bonchev–Trinajstić information content (AvgIpc) is 2.60. The summed E-state index contributed by atoms with van der Waals surface area (Å²) in [6.45, 7) is 8.69. The first kappa shape index (κ1) is 13.6. The molecule has 1 aliphatic rings. The van der Waals surface area contributed by atoms with Crippen molar-refractivity contribution in [1.82, 2.24) is 10.2 Å². The van der Waals surface area contributed by atoms with Gasteiger partial charge in [-0.15, -0.1) is 0 Å². The first-order valence-electron chi connectivity index (χ1n) is 7.26. The van der Waals surface area contributed by atoms with Crippen molar-refractivity contribution in [3.05, 3.63) is 23.7 Å². The molecule has 1 fully saturated rings. The van der Waals surface area contributed by atoms with Gasteiger partial charge >= 0.3 is 0 Å². The minimum absolute atomic E-state index is 0.501. The lowest BCUT2D eigenvalue weighted by Crippen LogP contribution is -2.26. The van der Waals surface area contributed by atoms with Crippen molar-refractivity contribution in [2.45, 2.75) is 58.7 Å². The summed E-state index contributed by atoms with van der Waals surface area (Å²) in [5.74, 6) is 1.10. The molecule has 2 rings (SSSR count). The van der Waals surface area contributed by atoms with E-state index < -0.39 is 0 Å². The smallest absolute Gasteiger partial charge is 0.122 e. The Morgan fingerprint density at radius 1 is 1.22 bits per heavy atom. The molecule has 3 nitrogen and oxygen atoms in total. The highest BCUT2D eigenvalue weighted by molar-refractivity contribution is 5.17. The van der Waals surface area contributed by atoms with Gasteiger partial charge in [0.05, 0.1) is 12.8 Å². The van der Waals surface area contributed by atoms with Crippen molar-refractivity contribution >= 4 is 0 Å². The molecular weight excluding hydrogens is 224 g/mol. The van der Waals surface area contributed by atoms with Crippen molar-refractivity contribution in [2.75, 3.05) is 13.1 Å². The van der Waals surface area contributed by atoms with E-state index in [2.05, 4.69) is 30.1 Å². The zero-order valence-corrected chi connectivity index (χ0v) is 11.7. The summed E-state index contributed by atoms with van der Waals surface area (Å²) in [6.07, 6.45) is 7.30. The molecule has 1 aromatic heterocycles. The molecule has 0 unspecified atom stereocenters. The molecule has 1 aliphatic heterocycles. The van der Waals surface area contributed by atoms with Crippen LogP contribution < -0.4 is 5.32 Å². The largest absolute Gasteiger partial charge is 0.468 e. The lowest BCUT2D eigenvalue weighted by Gasteiger charge is -2.19. The van der Waals surface area contributed by atoms with Gasteiger partial charge in [-0.2, -0.15) is 0 Å². The average molecular weight is 250 g/mol. The Kier molecular flexibility index (Phi) is 5.26. The molecule has 0 saturated carbocycles. The van der Waals surface area contributed by atoms with Gasteiger partial charge in [-0.05, 0) is 32.0 Å². The summed E-state index contributed by atoms with van der Waals surface area (Å²) >= 11 is 0. The van der Waals surface area contributed by atoms with Gasteiger partial charge in [0.25, 0.3) is 0 Å². The maximum absolute atomic E-state index is 5.60. The number of nitrogens with zero attached hydrogens (tertiary/aromatic N) is 1. The lowest BCUT2D eigenvalue weighted by atomic mass is 10.2. The van der Waals surface area contributed by atoms with Gasteiger partial charge in [-0.1, -0.05) is 26.7 Å². The van der Waals surface area contributed by atoms with Crippen LogP contribution in [0, 0.1) is 0 Å². The molecule has 0 spiro atoms. The Hall–Kier alpha value is -0.800. The third-order valence-electron chi connectivity index (χ3n) is 3.60. The Labute approximate surface area is 111 Å². The van der Waals surface area contributed by atoms with E-state index in [-0.39, 0.29) is 0 Å². The van der Waals surface area contributed by atoms with Crippen molar-refractivity contribution in [3.63, 3.8) is 0 Å². The molecule has 3 heteroatoms. The molecule has 1 aromatic rings. The number of likely N-dealkylation sites (tertiary alicyclic amines) is 1. The van der Waals surface area contributed by atoms with Crippen LogP contribution >= 0.6 is 0 Å². The zero-order valence-electron chi connectivity index (χ0n) is 11.7. The molecule has 0 atom stereocenters. The number of hydrogen-bond acceptors (Lipinski definition) is 3. The van der Waals surface area contributed by atoms with E-state index >= 15 is 0 Å². The molecule has 0 aromatic carbocycles. The van der Waals surface area contributed by atoms with Crippen LogP contribution in [0.1, 0.15) is 50.9 Å². The summed E-state index contributed by atoms with van der Waals surface area (Å²) in [5, 5.41) is 3.43. The topological polar surface area (TPSA) is 28.4 Å². The summed E-state index contributed by atoms with van der Waals surface area (Å²) in [5.41, 5.74) is 1.35. The summed E-state index contributed by atoms with van der Waals surface area (Å²) < 4.78 is 5.60. The summed E-state index contributed by atoms with van der Waals surface area (Å²) in [7, 11) is 0. The predicted molar refractivity (Wildman–Crippen MR) is 74.4 cm³/mol. The second kappa shape index (κ2) is 6.95. The Morgan fingerprint density at radius 3 is 2.61 bits per heavy atom. The number of nitrogens with one attached hydrogen (secondary N) is 1. The van der Waals surface area contributed by atoms with Crippen molar-refractivity contribution in [3.8, 4) is 0 Å². The highest BCUT2D eigenvalue weighted by Crippen LogP contribution is 2.17. The monoisotopic (exact) mass is 250 g/mol. The first-order chi connectivity index (χ1) is 8.75. The van der Waals surface area contributed by atoms with Crippen LogP contribution in [-0.4, -0.2) is 24.0 Å². The molecule has 0 radical (unpaired) electrons. The Bertz CT molecular complexity index is 338. The van der Waals surface area contributed by atoms with Gasteiger partial charge in [0.1, 0.15) is 5.76 Å². The van der Waals surface area contributed by atoms with Crippen LogP contribution in [0.15, 0.2) is 16.7 Å². The highest BCUT2D eigenvalue weighted by atomic mass is 16.3. The first-order valence-corrected chi connectivity index (χ1v) is 7.26. The lowest BCUT2D eigenvalue weighted by molar-refractivity contribution is 0.274. The third-order valence-corrected chi connectivity index (χ3v) is 3.60. The number of hydrogen-bond donors (Lipinski definition) is 1. The summed E-state index contributed by atoms with van der Waals surface area (Å²) in [6, 6.07) is 2.63. The molecule has 2 heterocycles. The standard InChI is InChI=1S/C15H26N2O/c1-13(2)16-11-15-14(7-10-18-15)12-17-8-5-3-4-6-9-17/h7,10,13,16H,3-6,8-9,11-12H2,1-2H3. The highest BCUT2D eigenvalue weighted by Gasteiger charge is 2.13. The molecule has 18 heavy (non-hydrogen) atoms. The van der Waals surface area contributed by atoms with E-state index in [1.54, 1.807) is 0 Å². The third kappa shape index (κ3) is 4.14. The van der Waals surface area contributed by atoms with Crippen molar-refractivity contribution in [2.24, 2.45) is 0 Å². The fourth-order valence-corrected chi connectivity index (χ4v) is 2.50. The summed E-state index contributed by atoms with van der Waals surface area (Å²) in [4.78, 5) is 2.57. The van der Waals surface area contributed by atoms with Crippen LogP contribution in [0.2, 0.25) is 0 Å². The van der Waals surface area contributed by atoms with Gasteiger partial charge in [-0.25, -0.2) is 0 Å². The van der Waals surface area contributed by atoms with Crippen molar-refractivity contribution < 1.29 is 4.42 Å². The molecule has 0 aliphatic carbocycles. The van der Waals surface area contributed by atoms with Crippen LogP contribution in [0.4, 0.5) is 0 Å². The van der Waals surface area contributed by atoms with Gasteiger partial charge in [-0.3, -0.25) is 4.90 Å². The Balaban J connectivity index is 1.89. The van der Waals surface area contributed by atoms with Crippen LogP contribution in [-0.2, 0) is 13.1 Å². The number of rotatable bonds is 5. The van der Waals surface area contributed by atoms with Gasteiger partial charge < -0.3 is 9.73 Å². The minimum Gasteiger partial charge on any atom is -0.468 e. The van der Waals surface area contributed by atoms with E-state index in [0.717, 1.165) is 18.8 Å². The van der Waals surface area contributed by atoms with Gasteiger partial charge in [0.15, 0.2) is 0 Å². The Morgan fingerprint density at radius 2 is 1.94 bits per heavy atom. The fraction of sp³-hybridized carbons (Fsp3) is 0.733. The van der Waals surface area contributed by atoms with E-state index in [1.165, 1.54) is 44.3 Å². The van der Waals surface area contributed by atoms with Gasteiger partial charge in [0.2, 0.25) is 0 Å². The van der Waals surface area contributed by atoms with Crippen LogP contribution in [0.3, 0.4) is 0 Å². The van der Waals surface area contributed by atoms with Gasteiger partial charge in [0, 0.05) is 18.2 Å². The molecule has 1 saturated heterocycles. The van der Waals surface area contributed by atoms with Crippen LogP contribution in [0.25, 0.3) is 0 Å². The van der Waals surface area contributed by atoms with E-state index in [9.17, 15) is 0 Å². The van der Waals surface area contributed by atoms with Crippen LogP contribution in [0.5, 0.6) is 0 Å². The number of furan rings is 1. The zero-order chi connectivity index (χ0) is 12.8. The SMILES string of the molecule is CC(C)NCc1occc1CN1CCCCCC1. The van der Waals surface area contributed by atoms with E-state index in [1.807, 2.05) is 6.26 Å². The molecular formula is C15H26N2O. The predicted octanol–water partition coefficient (Wildman–Crippen LogP) is 3.15. The molecule has 0 amide bonds. The molecule has 102 valence electrons. The fourth-order valence-electron chi connectivity index (χ4n) is 2.50. The maximum Gasteiger partial charge on any atom is 0.122 e. The maximum atomic E-state index is 5.60. The normalized spacial score (nSPS) is 18.2. The van der Waals surface area contributed by atoms with Crippen molar-refractivity contribution in [1.29, 1.82) is 0 Å². The quantitative estimate of drug-likeness (QED) is 0.870.